The minimum Gasteiger partial charge on any atom is -0.487 e. The van der Waals surface area contributed by atoms with Gasteiger partial charge in [0.2, 0.25) is 0 Å². The van der Waals surface area contributed by atoms with E-state index >= 15 is 0 Å². The summed E-state index contributed by atoms with van der Waals surface area (Å²) in [6.07, 6.45) is 1.63. The SMILES string of the molecule is O=[N+]([O-])c1ccc(N/N=C/c2cc(Br)c(OCc3cccc(F)c3)c(I)c2)cc1. The summed E-state index contributed by atoms with van der Waals surface area (Å²) in [5.41, 5.74) is 5.05. The second kappa shape index (κ2) is 9.79. The minimum atomic E-state index is -0.454. The summed E-state index contributed by atoms with van der Waals surface area (Å²) in [6.45, 7) is 0.251. The first-order valence-corrected chi connectivity index (χ1v) is 10.2. The van der Waals surface area contributed by atoms with E-state index in [0.29, 0.717) is 11.4 Å². The summed E-state index contributed by atoms with van der Waals surface area (Å²) in [5, 5.41) is 14.8. The van der Waals surface area contributed by atoms with Crippen LogP contribution < -0.4 is 10.2 Å². The molecule has 0 amide bonds. The highest BCUT2D eigenvalue weighted by Crippen LogP contribution is 2.32. The lowest BCUT2D eigenvalue weighted by atomic mass is 10.2. The van der Waals surface area contributed by atoms with E-state index in [0.717, 1.165) is 19.2 Å². The molecule has 0 radical (unpaired) electrons. The predicted molar refractivity (Wildman–Crippen MR) is 122 cm³/mol. The van der Waals surface area contributed by atoms with E-state index in [1.165, 1.54) is 24.3 Å². The van der Waals surface area contributed by atoms with E-state index in [4.69, 9.17) is 4.74 Å². The van der Waals surface area contributed by atoms with Crippen molar-refractivity contribution in [2.45, 2.75) is 6.61 Å². The maximum absolute atomic E-state index is 13.3. The molecule has 3 rings (SSSR count). The van der Waals surface area contributed by atoms with E-state index in [9.17, 15) is 14.5 Å². The Kier molecular flexibility index (Phi) is 7.15. The van der Waals surface area contributed by atoms with Crippen LogP contribution >= 0.6 is 38.5 Å². The van der Waals surface area contributed by atoms with Crippen LogP contribution in [0.4, 0.5) is 15.8 Å². The molecule has 29 heavy (non-hydrogen) atoms. The molecule has 3 aromatic carbocycles. The highest BCUT2D eigenvalue weighted by atomic mass is 127. The fourth-order valence-corrected chi connectivity index (χ4v) is 4.18. The number of hydrazone groups is 1. The van der Waals surface area contributed by atoms with Crippen LogP contribution in [0, 0.1) is 19.5 Å². The number of rotatable bonds is 7. The van der Waals surface area contributed by atoms with Gasteiger partial charge in [0.25, 0.3) is 5.69 Å². The smallest absolute Gasteiger partial charge is 0.269 e. The zero-order valence-electron chi connectivity index (χ0n) is 14.8. The Hall–Kier alpha value is -2.53. The third kappa shape index (κ3) is 5.97. The molecule has 0 atom stereocenters. The van der Waals surface area contributed by atoms with Gasteiger partial charge in [-0.3, -0.25) is 15.5 Å². The van der Waals surface area contributed by atoms with Crippen LogP contribution in [0.3, 0.4) is 0 Å². The Labute approximate surface area is 188 Å². The third-order valence-corrected chi connectivity index (χ3v) is 5.17. The molecule has 0 heterocycles. The van der Waals surface area contributed by atoms with Crippen molar-refractivity contribution in [3.8, 4) is 5.75 Å². The van der Waals surface area contributed by atoms with Crippen molar-refractivity contribution in [1.82, 2.24) is 0 Å². The zero-order chi connectivity index (χ0) is 20.8. The fraction of sp³-hybridized carbons (Fsp3) is 0.0500. The van der Waals surface area contributed by atoms with Gasteiger partial charge in [0.15, 0.2) is 0 Å². The summed E-state index contributed by atoms with van der Waals surface area (Å²) in [6, 6.07) is 16.0. The number of ether oxygens (including phenoxy) is 1. The van der Waals surface area contributed by atoms with Crippen LogP contribution in [-0.2, 0) is 6.61 Å². The number of benzene rings is 3. The van der Waals surface area contributed by atoms with E-state index in [1.807, 2.05) is 12.1 Å². The van der Waals surface area contributed by atoms with Gasteiger partial charge < -0.3 is 4.74 Å². The lowest BCUT2D eigenvalue weighted by Gasteiger charge is -2.11. The Morgan fingerprint density at radius 1 is 1.21 bits per heavy atom. The number of nitro groups is 1. The monoisotopic (exact) mass is 569 g/mol. The molecular formula is C20H14BrFIN3O3. The van der Waals surface area contributed by atoms with Crippen molar-refractivity contribution in [3.63, 3.8) is 0 Å². The third-order valence-electron chi connectivity index (χ3n) is 3.78. The molecule has 148 valence electrons. The number of halogens is 3. The van der Waals surface area contributed by atoms with E-state index < -0.39 is 4.92 Å². The van der Waals surface area contributed by atoms with Gasteiger partial charge in [0.1, 0.15) is 18.2 Å². The van der Waals surface area contributed by atoms with Crippen LogP contribution in [0.2, 0.25) is 0 Å². The van der Waals surface area contributed by atoms with Gasteiger partial charge in [-0.2, -0.15) is 5.10 Å². The normalized spacial score (nSPS) is 10.9. The van der Waals surface area contributed by atoms with Crippen LogP contribution in [-0.4, -0.2) is 11.1 Å². The first kappa shape index (κ1) is 21.2. The summed E-state index contributed by atoms with van der Waals surface area (Å²) in [5.74, 6) is 0.363. The average Bonchev–Trinajstić information content (AvgIpc) is 2.68. The molecule has 9 heteroatoms. The number of nitrogens with zero attached hydrogens (tertiary/aromatic N) is 2. The number of hydrogen-bond acceptors (Lipinski definition) is 5. The topological polar surface area (TPSA) is 76.8 Å². The van der Waals surface area contributed by atoms with Crippen molar-refractivity contribution in [3.05, 3.63) is 95.8 Å². The first-order valence-electron chi connectivity index (χ1n) is 8.32. The fourth-order valence-electron chi connectivity index (χ4n) is 2.41. The summed E-state index contributed by atoms with van der Waals surface area (Å²) >= 11 is 5.65. The van der Waals surface area contributed by atoms with E-state index in [-0.39, 0.29) is 18.1 Å². The molecule has 0 unspecified atom stereocenters. The van der Waals surface area contributed by atoms with Gasteiger partial charge >= 0.3 is 0 Å². The number of anilines is 1. The Bertz CT molecular complexity index is 1040. The molecule has 0 spiro atoms. The van der Waals surface area contributed by atoms with Gasteiger partial charge in [-0.25, -0.2) is 4.39 Å². The molecule has 1 N–H and O–H groups in total. The molecular weight excluding hydrogens is 556 g/mol. The molecule has 0 aromatic heterocycles. The van der Waals surface area contributed by atoms with Gasteiger partial charge in [0.05, 0.1) is 24.9 Å². The number of hydrogen-bond donors (Lipinski definition) is 1. The number of nitro benzene ring substituents is 1. The van der Waals surface area contributed by atoms with Crippen LogP contribution in [0.25, 0.3) is 0 Å². The van der Waals surface area contributed by atoms with Crippen molar-refractivity contribution in [1.29, 1.82) is 0 Å². The standard InChI is InChI=1S/C20H14BrFIN3O3/c21-18-9-14(11-24-25-16-4-6-17(7-5-16)26(27)28)10-19(23)20(18)29-12-13-2-1-3-15(22)8-13/h1-11,25H,12H2/b24-11+. The molecule has 0 bridgehead atoms. The molecule has 0 aliphatic carbocycles. The Balaban J connectivity index is 1.65. The van der Waals surface area contributed by atoms with Crippen molar-refractivity contribution in [2.24, 2.45) is 5.10 Å². The molecule has 6 nitrogen and oxygen atoms in total. The Morgan fingerprint density at radius 2 is 1.97 bits per heavy atom. The highest BCUT2D eigenvalue weighted by Gasteiger charge is 2.09. The second-order valence-corrected chi connectivity index (χ2v) is 7.92. The van der Waals surface area contributed by atoms with Gasteiger partial charge in [-0.05, 0) is 86.0 Å². The lowest BCUT2D eigenvalue weighted by molar-refractivity contribution is -0.384. The lowest BCUT2D eigenvalue weighted by Crippen LogP contribution is -1.99. The summed E-state index contributed by atoms with van der Waals surface area (Å²) in [7, 11) is 0. The quantitative estimate of drug-likeness (QED) is 0.161. The molecule has 0 fully saturated rings. The number of nitrogens with one attached hydrogen (secondary N) is 1. The van der Waals surface area contributed by atoms with Gasteiger partial charge in [0, 0.05) is 12.1 Å². The largest absolute Gasteiger partial charge is 0.487 e. The van der Waals surface area contributed by atoms with Crippen LogP contribution in [0.5, 0.6) is 5.75 Å². The zero-order valence-corrected chi connectivity index (χ0v) is 18.6. The first-order chi connectivity index (χ1) is 13.9. The predicted octanol–water partition coefficient (Wildman–Crippen LogP) is 6.13. The van der Waals surface area contributed by atoms with Crippen LogP contribution in [0.1, 0.15) is 11.1 Å². The second-order valence-electron chi connectivity index (χ2n) is 5.91. The minimum absolute atomic E-state index is 0.0202. The molecule has 0 saturated carbocycles. The van der Waals surface area contributed by atoms with E-state index in [1.54, 1.807) is 30.5 Å². The molecule has 0 saturated heterocycles. The van der Waals surface area contributed by atoms with Crippen molar-refractivity contribution in [2.75, 3.05) is 5.43 Å². The molecule has 0 aliphatic heterocycles. The summed E-state index contributed by atoms with van der Waals surface area (Å²) < 4.78 is 20.7. The maximum Gasteiger partial charge on any atom is 0.269 e. The molecule has 3 aromatic rings. The van der Waals surface area contributed by atoms with Crippen molar-refractivity contribution >= 4 is 56.1 Å². The van der Waals surface area contributed by atoms with Gasteiger partial charge in [-0.1, -0.05) is 12.1 Å². The highest BCUT2D eigenvalue weighted by molar-refractivity contribution is 14.1. The maximum atomic E-state index is 13.3. The van der Waals surface area contributed by atoms with Crippen molar-refractivity contribution < 1.29 is 14.1 Å². The average molecular weight is 570 g/mol. The Morgan fingerprint density at radius 3 is 2.62 bits per heavy atom. The van der Waals surface area contributed by atoms with Gasteiger partial charge in [-0.15, -0.1) is 0 Å². The molecule has 0 aliphatic rings. The summed E-state index contributed by atoms with van der Waals surface area (Å²) in [4.78, 5) is 10.2. The van der Waals surface area contributed by atoms with E-state index in [2.05, 4.69) is 49.0 Å². The van der Waals surface area contributed by atoms with Crippen LogP contribution in [0.15, 0.2) is 70.2 Å². The number of non-ortho nitro benzene ring substituents is 1.